The van der Waals surface area contributed by atoms with Gasteiger partial charge in [-0.1, -0.05) is 31.2 Å². The molecule has 0 radical (unpaired) electrons. The van der Waals surface area contributed by atoms with Crippen LogP contribution in [-0.4, -0.2) is 22.0 Å². The molecular formula is C16H20N2O2. The quantitative estimate of drug-likeness (QED) is 0.914. The predicted octanol–water partition coefficient (Wildman–Crippen LogP) is 2.56. The summed E-state index contributed by atoms with van der Waals surface area (Å²) < 4.78 is 7.10. The monoisotopic (exact) mass is 272 g/mol. The average molecular weight is 272 g/mol. The maximum absolute atomic E-state index is 11.4. The van der Waals surface area contributed by atoms with Gasteiger partial charge in [0.1, 0.15) is 11.3 Å². The molecule has 4 nitrogen and oxygen atoms in total. The molecule has 1 aromatic carbocycles. The number of ether oxygens (including phenoxy) is 1. The van der Waals surface area contributed by atoms with Crippen molar-refractivity contribution < 1.29 is 9.84 Å². The Morgan fingerprint density at radius 3 is 2.90 bits per heavy atom. The van der Waals surface area contributed by atoms with Crippen LogP contribution in [0.3, 0.4) is 0 Å². The first-order valence-corrected chi connectivity index (χ1v) is 6.96. The molecule has 1 aliphatic rings. The first kappa shape index (κ1) is 13.2. The van der Waals surface area contributed by atoms with Crippen molar-refractivity contribution >= 4 is 0 Å². The molecule has 2 aromatic rings. The molecule has 2 unspecified atom stereocenters. The second kappa shape index (κ2) is 4.63. The van der Waals surface area contributed by atoms with Crippen molar-refractivity contribution in [3.8, 4) is 5.75 Å². The number of fused-ring (bicyclic) bond motifs is 1. The van der Waals surface area contributed by atoms with Crippen LogP contribution in [0, 0.1) is 0 Å². The Hall–Kier alpha value is -1.81. The topological polar surface area (TPSA) is 47.3 Å². The molecule has 3 rings (SSSR count). The van der Waals surface area contributed by atoms with Crippen molar-refractivity contribution in [2.24, 2.45) is 7.05 Å². The van der Waals surface area contributed by atoms with Crippen LogP contribution in [0.2, 0.25) is 0 Å². The Kier molecular flexibility index (Phi) is 3.05. The summed E-state index contributed by atoms with van der Waals surface area (Å²) in [5, 5.41) is 15.6. The summed E-state index contributed by atoms with van der Waals surface area (Å²) in [7, 11) is 3.46. The van der Waals surface area contributed by atoms with Crippen LogP contribution in [0.1, 0.15) is 42.5 Å². The van der Waals surface area contributed by atoms with Gasteiger partial charge in [0.15, 0.2) is 5.75 Å². The van der Waals surface area contributed by atoms with E-state index in [2.05, 4.69) is 18.1 Å². The lowest BCUT2D eigenvalue weighted by Crippen LogP contribution is -2.35. The SMILES string of the molecule is COc1cnn(C)c1C1(O)CCC(C)c2ccccc21. The molecule has 1 heterocycles. The largest absolute Gasteiger partial charge is 0.493 e. The van der Waals surface area contributed by atoms with Crippen LogP contribution in [0.25, 0.3) is 0 Å². The molecule has 1 N–H and O–H groups in total. The Labute approximate surface area is 119 Å². The number of hydrogen-bond acceptors (Lipinski definition) is 3. The average Bonchev–Trinajstić information content (AvgIpc) is 2.85. The highest BCUT2D eigenvalue weighted by Crippen LogP contribution is 2.47. The fourth-order valence-electron chi connectivity index (χ4n) is 3.30. The zero-order chi connectivity index (χ0) is 14.3. The van der Waals surface area contributed by atoms with E-state index < -0.39 is 5.60 Å². The number of hydrogen-bond donors (Lipinski definition) is 1. The van der Waals surface area contributed by atoms with E-state index in [1.165, 1.54) is 5.56 Å². The van der Waals surface area contributed by atoms with Crippen molar-refractivity contribution in [3.05, 3.63) is 47.3 Å². The Morgan fingerprint density at radius 2 is 2.15 bits per heavy atom. The smallest absolute Gasteiger partial charge is 0.163 e. The molecule has 4 heteroatoms. The van der Waals surface area contributed by atoms with Crippen LogP contribution in [0.15, 0.2) is 30.5 Å². The Bertz CT molecular complexity index is 635. The predicted molar refractivity (Wildman–Crippen MR) is 76.8 cm³/mol. The molecule has 1 aliphatic carbocycles. The number of methoxy groups -OCH3 is 1. The van der Waals surface area contributed by atoms with Gasteiger partial charge in [0.2, 0.25) is 0 Å². The van der Waals surface area contributed by atoms with Crippen molar-refractivity contribution in [1.82, 2.24) is 9.78 Å². The number of benzene rings is 1. The zero-order valence-electron chi connectivity index (χ0n) is 12.1. The molecule has 0 bridgehead atoms. The maximum atomic E-state index is 11.4. The molecular weight excluding hydrogens is 252 g/mol. The van der Waals surface area contributed by atoms with Crippen LogP contribution in [0.5, 0.6) is 5.75 Å². The summed E-state index contributed by atoms with van der Waals surface area (Å²) in [6.45, 7) is 2.21. The van der Waals surface area contributed by atoms with Crippen molar-refractivity contribution in [3.63, 3.8) is 0 Å². The molecule has 0 spiro atoms. The Balaban J connectivity index is 2.23. The molecule has 0 saturated heterocycles. The minimum Gasteiger partial charge on any atom is -0.493 e. The summed E-state index contributed by atoms with van der Waals surface area (Å²) >= 11 is 0. The fourth-order valence-corrected chi connectivity index (χ4v) is 3.30. The molecule has 0 fully saturated rings. The third-order valence-corrected chi connectivity index (χ3v) is 4.39. The fraction of sp³-hybridized carbons (Fsp3) is 0.438. The zero-order valence-corrected chi connectivity index (χ0v) is 12.1. The molecule has 0 saturated carbocycles. The standard InChI is InChI=1S/C16H20N2O2/c1-11-8-9-16(19,13-7-5-4-6-12(11)13)15-14(20-3)10-17-18(15)2/h4-7,10-11,19H,8-9H2,1-3H3. The third kappa shape index (κ3) is 1.75. The summed E-state index contributed by atoms with van der Waals surface area (Å²) in [5.41, 5.74) is 1.89. The number of aliphatic hydroxyl groups is 1. The Morgan fingerprint density at radius 1 is 1.40 bits per heavy atom. The third-order valence-electron chi connectivity index (χ3n) is 4.39. The van der Waals surface area contributed by atoms with Crippen LogP contribution >= 0.6 is 0 Å². The first-order valence-electron chi connectivity index (χ1n) is 6.96. The van der Waals surface area contributed by atoms with Gasteiger partial charge in [0.05, 0.1) is 13.3 Å². The van der Waals surface area contributed by atoms with E-state index >= 15 is 0 Å². The van der Waals surface area contributed by atoms with Gasteiger partial charge in [0, 0.05) is 7.05 Å². The molecule has 2 atom stereocenters. The van der Waals surface area contributed by atoms with Gasteiger partial charge in [-0.3, -0.25) is 4.68 Å². The van der Waals surface area contributed by atoms with Gasteiger partial charge in [0.25, 0.3) is 0 Å². The lowest BCUT2D eigenvalue weighted by atomic mass is 9.73. The second-order valence-electron chi connectivity index (χ2n) is 5.57. The van der Waals surface area contributed by atoms with E-state index in [-0.39, 0.29) is 0 Å². The number of nitrogens with zero attached hydrogens (tertiary/aromatic N) is 2. The van der Waals surface area contributed by atoms with Crippen molar-refractivity contribution in [1.29, 1.82) is 0 Å². The van der Waals surface area contributed by atoms with E-state index in [0.29, 0.717) is 18.1 Å². The lowest BCUT2D eigenvalue weighted by Gasteiger charge is -2.37. The highest BCUT2D eigenvalue weighted by Gasteiger charge is 2.42. The molecule has 1 aromatic heterocycles. The van der Waals surface area contributed by atoms with Gasteiger partial charge in [-0.25, -0.2) is 0 Å². The van der Waals surface area contributed by atoms with Gasteiger partial charge in [-0.15, -0.1) is 0 Å². The van der Waals surface area contributed by atoms with Crippen LogP contribution in [-0.2, 0) is 12.6 Å². The molecule has 106 valence electrons. The van der Waals surface area contributed by atoms with E-state index in [4.69, 9.17) is 4.74 Å². The minimum atomic E-state index is -1.03. The molecule has 0 amide bonds. The van der Waals surface area contributed by atoms with Gasteiger partial charge >= 0.3 is 0 Å². The highest BCUT2D eigenvalue weighted by molar-refractivity contribution is 5.46. The van der Waals surface area contributed by atoms with Crippen molar-refractivity contribution in [2.45, 2.75) is 31.3 Å². The van der Waals surface area contributed by atoms with Gasteiger partial charge in [-0.05, 0) is 29.9 Å². The first-order chi connectivity index (χ1) is 9.58. The maximum Gasteiger partial charge on any atom is 0.163 e. The number of aryl methyl sites for hydroxylation is 1. The summed E-state index contributed by atoms with van der Waals surface area (Å²) in [5.74, 6) is 1.10. The highest BCUT2D eigenvalue weighted by atomic mass is 16.5. The summed E-state index contributed by atoms with van der Waals surface area (Å²) in [6, 6.07) is 8.12. The second-order valence-corrected chi connectivity index (χ2v) is 5.57. The molecule has 20 heavy (non-hydrogen) atoms. The van der Waals surface area contributed by atoms with E-state index in [9.17, 15) is 5.11 Å². The molecule has 0 aliphatic heterocycles. The van der Waals surface area contributed by atoms with Crippen LogP contribution in [0.4, 0.5) is 0 Å². The minimum absolute atomic E-state index is 0.464. The van der Waals surface area contributed by atoms with E-state index in [1.54, 1.807) is 18.0 Å². The summed E-state index contributed by atoms with van der Waals surface area (Å²) in [4.78, 5) is 0. The normalized spacial score (nSPS) is 25.3. The van der Waals surface area contributed by atoms with Crippen LogP contribution < -0.4 is 4.74 Å². The number of rotatable bonds is 2. The summed E-state index contributed by atoms with van der Waals surface area (Å²) in [6.07, 6.45) is 3.29. The van der Waals surface area contributed by atoms with Gasteiger partial charge < -0.3 is 9.84 Å². The van der Waals surface area contributed by atoms with E-state index in [1.807, 2.05) is 25.2 Å². The van der Waals surface area contributed by atoms with Crippen molar-refractivity contribution in [2.75, 3.05) is 7.11 Å². The number of aromatic nitrogens is 2. The van der Waals surface area contributed by atoms with E-state index in [0.717, 1.165) is 17.7 Å². The van der Waals surface area contributed by atoms with Gasteiger partial charge in [-0.2, -0.15) is 5.10 Å². The lowest BCUT2D eigenvalue weighted by molar-refractivity contribution is 0.0472.